The highest BCUT2D eigenvalue weighted by Crippen LogP contribution is 2.36. The maximum absolute atomic E-state index is 13.2. The molecule has 0 spiro atoms. The number of ether oxygens (including phenoxy) is 1. The van der Waals surface area contributed by atoms with E-state index in [1.807, 2.05) is 0 Å². The summed E-state index contributed by atoms with van der Waals surface area (Å²) in [6.45, 7) is 0.638. The van der Waals surface area contributed by atoms with E-state index in [1.165, 1.54) is 35.4 Å². The number of aliphatic hydroxyl groups is 1. The molecule has 0 atom stereocenters. The number of β-amino-alcohol motifs (C(OH)–C–C–N with tert-alkyl or cyclic N) is 1. The van der Waals surface area contributed by atoms with Gasteiger partial charge in [0, 0.05) is 19.3 Å². The number of hydrogen-bond acceptors (Lipinski definition) is 6. The van der Waals surface area contributed by atoms with Gasteiger partial charge in [0.05, 0.1) is 33.2 Å². The Hall–Kier alpha value is -2.07. The molecule has 2 aliphatic rings. The van der Waals surface area contributed by atoms with Crippen LogP contribution in [0.25, 0.3) is 0 Å². The molecule has 28 heavy (non-hydrogen) atoms. The summed E-state index contributed by atoms with van der Waals surface area (Å²) in [4.78, 5) is 18.0. The van der Waals surface area contributed by atoms with Crippen LogP contribution in [0.3, 0.4) is 0 Å². The minimum absolute atomic E-state index is 0.0302. The van der Waals surface area contributed by atoms with Gasteiger partial charge < -0.3 is 14.7 Å². The number of fused-ring (bicyclic) bond motifs is 1. The third kappa shape index (κ3) is 3.28. The third-order valence-corrected chi connectivity index (χ3v) is 7.06. The lowest BCUT2D eigenvalue weighted by Gasteiger charge is -2.36. The Morgan fingerprint density at radius 3 is 2.64 bits per heavy atom. The van der Waals surface area contributed by atoms with E-state index in [4.69, 9.17) is 27.9 Å². The van der Waals surface area contributed by atoms with E-state index < -0.39 is 16.1 Å². The second-order valence-electron chi connectivity index (χ2n) is 6.41. The van der Waals surface area contributed by atoms with Gasteiger partial charge in [-0.15, -0.1) is 0 Å². The number of nitrogens with zero attached hydrogens (tertiary/aromatic N) is 3. The molecular weight excluding hydrogens is 429 g/mol. The molecule has 0 radical (unpaired) electrons. The fraction of sp³-hybridized carbons (Fsp3) is 0.294. The zero-order valence-corrected chi connectivity index (χ0v) is 16.7. The van der Waals surface area contributed by atoms with Gasteiger partial charge in [-0.25, -0.2) is 13.4 Å². The maximum Gasteiger partial charge on any atom is 0.264 e. The fourth-order valence-electron chi connectivity index (χ4n) is 3.01. The minimum Gasteiger partial charge on any atom is -0.474 e. The molecule has 8 nitrogen and oxygen atoms in total. The van der Waals surface area contributed by atoms with Crippen molar-refractivity contribution >= 4 is 44.8 Å². The molecule has 1 fully saturated rings. The van der Waals surface area contributed by atoms with Gasteiger partial charge in [-0.3, -0.25) is 9.10 Å². The standard InChI is InChI=1S/C17H15Cl2N3O5S/c18-13-2-1-12(6-14(13)19)28(25,26)22-3-4-27-16-15(22)5-10(7-20-16)17(24)21-8-11(23)9-21/h1-2,5-7,11,23H,3-4,8-9H2. The number of anilines is 1. The van der Waals surface area contributed by atoms with Gasteiger partial charge >= 0.3 is 0 Å². The average Bonchev–Trinajstić information content (AvgIpc) is 2.66. The summed E-state index contributed by atoms with van der Waals surface area (Å²) in [5.74, 6) is -0.215. The van der Waals surface area contributed by atoms with Crippen LogP contribution in [-0.4, -0.2) is 61.7 Å². The van der Waals surface area contributed by atoms with Crippen molar-refractivity contribution in [2.24, 2.45) is 0 Å². The number of carbonyl (C=O) groups excluding carboxylic acids is 1. The Kier molecular flexibility index (Phi) is 4.86. The van der Waals surface area contributed by atoms with E-state index in [0.717, 1.165) is 4.31 Å². The maximum atomic E-state index is 13.2. The zero-order chi connectivity index (χ0) is 20.1. The number of sulfonamides is 1. The van der Waals surface area contributed by atoms with Crippen LogP contribution >= 0.6 is 23.2 Å². The van der Waals surface area contributed by atoms with Gasteiger partial charge in [0.2, 0.25) is 5.88 Å². The quantitative estimate of drug-likeness (QED) is 0.775. The highest BCUT2D eigenvalue weighted by atomic mass is 35.5. The Morgan fingerprint density at radius 2 is 1.96 bits per heavy atom. The summed E-state index contributed by atoms with van der Waals surface area (Å²) in [5.41, 5.74) is 0.384. The molecule has 3 heterocycles. The number of pyridine rings is 1. The number of amides is 1. The summed E-state index contributed by atoms with van der Waals surface area (Å²) < 4.78 is 32.9. The summed E-state index contributed by atoms with van der Waals surface area (Å²) in [7, 11) is -3.97. The predicted molar refractivity (Wildman–Crippen MR) is 103 cm³/mol. The van der Waals surface area contributed by atoms with Crippen molar-refractivity contribution in [2.75, 3.05) is 30.5 Å². The lowest BCUT2D eigenvalue weighted by molar-refractivity contribution is 0.00586. The monoisotopic (exact) mass is 443 g/mol. The summed E-state index contributed by atoms with van der Waals surface area (Å²) in [6, 6.07) is 5.48. The zero-order valence-electron chi connectivity index (χ0n) is 14.4. The van der Waals surface area contributed by atoms with Gasteiger partial charge in [-0.1, -0.05) is 23.2 Å². The van der Waals surface area contributed by atoms with E-state index >= 15 is 0 Å². The molecule has 1 aromatic heterocycles. The topological polar surface area (TPSA) is 100 Å². The number of hydrogen-bond donors (Lipinski definition) is 1. The first kappa shape index (κ1) is 19.3. The number of aliphatic hydroxyl groups excluding tert-OH is 1. The van der Waals surface area contributed by atoms with Crippen LogP contribution in [0.5, 0.6) is 5.88 Å². The van der Waals surface area contributed by atoms with Crippen LogP contribution in [0.15, 0.2) is 35.4 Å². The van der Waals surface area contributed by atoms with Crippen LogP contribution in [0.2, 0.25) is 10.0 Å². The molecule has 1 N–H and O–H groups in total. The molecule has 148 valence electrons. The van der Waals surface area contributed by atoms with Crippen LogP contribution in [-0.2, 0) is 10.0 Å². The first-order chi connectivity index (χ1) is 13.3. The summed E-state index contributed by atoms with van der Waals surface area (Å²) in [6.07, 6.45) is 0.797. The molecule has 1 aromatic carbocycles. The largest absolute Gasteiger partial charge is 0.474 e. The van der Waals surface area contributed by atoms with Crippen LogP contribution in [0, 0.1) is 0 Å². The molecule has 4 rings (SSSR count). The van der Waals surface area contributed by atoms with E-state index in [1.54, 1.807) is 0 Å². The van der Waals surface area contributed by atoms with Crippen LogP contribution in [0.4, 0.5) is 5.69 Å². The Bertz CT molecular complexity index is 1060. The second-order valence-corrected chi connectivity index (χ2v) is 9.09. The molecule has 2 aromatic rings. The molecule has 0 unspecified atom stereocenters. The number of halogens is 2. The summed E-state index contributed by atoms with van der Waals surface area (Å²) >= 11 is 11.9. The Labute approximate surface area is 171 Å². The van der Waals surface area contributed by atoms with Crippen molar-refractivity contribution in [1.29, 1.82) is 0 Å². The van der Waals surface area contributed by atoms with Crippen molar-refractivity contribution in [1.82, 2.24) is 9.88 Å². The molecule has 11 heteroatoms. The Morgan fingerprint density at radius 1 is 1.21 bits per heavy atom. The number of carbonyl (C=O) groups is 1. The lowest BCUT2D eigenvalue weighted by Crippen LogP contribution is -2.53. The molecule has 2 aliphatic heterocycles. The number of aromatic nitrogens is 1. The van der Waals surface area contributed by atoms with E-state index in [9.17, 15) is 18.3 Å². The first-order valence-electron chi connectivity index (χ1n) is 8.35. The van der Waals surface area contributed by atoms with E-state index in [-0.39, 0.29) is 64.2 Å². The fourth-order valence-corrected chi connectivity index (χ4v) is 4.84. The van der Waals surface area contributed by atoms with Crippen LogP contribution < -0.4 is 9.04 Å². The highest BCUT2D eigenvalue weighted by molar-refractivity contribution is 7.92. The van der Waals surface area contributed by atoms with Crippen LogP contribution in [0.1, 0.15) is 10.4 Å². The van der Waals surface area contributed by atoms with Gasteiger partial charge in [-0.2, -0.15) is 0 Å². The smallest absolute Gasteiger partial charge is 0.264 e. The van der Waals surface area contributed by atoms with Crippen molar-refractivity contribution in [2.45, 2.75) is 11.0 Å². The second kappa shape index (κ2) is 7.07. The van der Waals surface area contributed by atoms with Gasteiger partial charge in [0.1, 0.15) is 12.3 Å². The Balaban J connectivity index is 1.72. The minimum atomic E-state index is -3.97. The van der Waals surface area contributed by atoms with Crippen molar-refractivity contribution < 1.29 is 23.1 Å². The number of likely N-dealkylation sites (tertiary alicyclic amines) is 1. The normalized spacial score (nSPS) is 17.0. The SMILES string of the molecule is O=C(c1cnc2c(c1)N(S(=O)(=O)c1ccc(Cl)c(Cl)c1)CCO2)N1CC(O)C1. The van der Waals surface area contributed by atoms with Gasteiger partial charge in [0.15, 0.2) is 0 Å². The average molecular weight is 444 g/mol. The molecular formula is C17H15Cl2N3O5S. The predicted octanol–water partition coefficient (Wildman–Crippen LogP) is 1.79. The third-order valence-electron chi connectivity index (χ3n) is 4.51. The molecule has 0 saturated carbocycles. The number of benzene rings is 1. The van der Waals surface area contributed by atoms with Gasteiger partial charge in [0.25, 0.3) is 15.9 Å². The summed E-state index contributed by atoms with van der Waals surface area (Å²) in [5, 5.41) is 9.75. The molecule has 1 saturated heterocycles. The van der Waals surface area contributed by atoms with Crippen molar-refractivity contribution in [3.05, 3.63) is 46.1 Å². The molecule has 0 bridgehead atoms. The first-order valence-corrected chi connectivity index (χ1v) is 10.5. The molecule has 1 amide bonds. The number of rotatable bonds is 3. The molecule has 0 aliphatic carbocycles. The van der Waals surface area contributed by atoms with Crippen molar-refractivity contribution in [3.63, 3.8) is 0 Å². The van der Waals surface area contributed by atoms with Crippen molar-refractivity contribution in [3.8, 4) is 5.88 Å². The van der Waals surface area contributed by atoms with E-state index in [2.05, 4.69) is 4.98 Å². The van der Waals surface area contributed by atoms with E-state index in [0.29, 0.717) is 0 Å². The highest BCUT2D eigenvalue weighted by Gasteiger charge is 2.34. The van der Waals surface area contributed by atoms with Gasteiger partial charge in [-0.05, 0) is 24.3 Å². The lowest BCUT2D eigenvalue weighted by atomic mass is 10.1.